The second-order valence-electron chi connectivity index (χ2n) is 6.30. The van der Waals surface area contributed by atoms with E-state index in [0.29, 0.717) is 5.56 Å². The van der Waals surface area contributed by atoms with Crippen LogP contribution in [0.15, 0.2) is 66.7 Å². The van der Waals surface area contributed by atoms with Crippen LogP contribution in [0.4, 0.5) is 0 Å². The molecule has 1 aliphatic rings. The van der Waals surface area contributed by atoms with Gasteiger partial charge in [0.2, 0.25) is 23.1 Å². The molecule has 0 aliphatic heterocycles. The molecule has 4 N–H and O–H groups in total. The van der Waals surface area contributed by atoms with Crippen molar-refractivity contribution in [2.24, 2.45) is 0 Å². The fourth-order valence-electron chi connectivity index (χ4n) is 2.78. The van der Waals surface area contributed by atoms with Gasteiger partial charge in [-0.25, -0.2) is 0 Å². The number of benzene rings is 3. The van der Waals surface area contributed by atoms with E-state index < -0.39 is 40.3 Å². The lowest BCUT2D eigenvalue weighted by Crippen LogP contribution is -2.15. The van der Waals surface area contributed by atoms with Crippen LogP contribution < -0.4 is 0 Å². The van der Waals surface area contributed by atoms with E-state index in [2.05, 4.69) is 0 Å². The van der Waals surface area contributed by atoms with Gasteiger partial charge < -0.3 is 20.4 Å². The van der Waals surface area contributed by atoms with Crippen LogP contribution in [-0.4, -0.2) is 37.8 Å². The Balaban J connectivity index is 0.000000184. The SMILES string of the molecule is O=C(c1ccccc1)c1cc(O)c(O)c(O)c1O.O=C1C=Cc2ccccc2C1=O. The van der Waals surface area contributed by atoms with Gasteiger partial charge in [0.05, 0.1) is 5.56 Å². The number of rotatable bonds is 2. The van der Waals surface area contributed by atoms with Crippen molar-refractivity contribution in [1.29, 1.82) is 0 Å². The minimum Gasteiger partial charge on any atom is -0.504 e. The average molecular weight is 404 g/mol. The zero-order valence-electron chi connectivity index (χ0n) is 15.4. The number of carbonyl (C=O) groups is 3. The zero-order chi connectivity index (χ0) is 21.8. The Hall–Kier alpha value is -4.39. The first kappa shape index (κ1) is 20.3. The summed E-state index contributed by atoms with van der Waals surface area (Å²) in [5, 5.41) is 37.5. The van der Waals surface area contributed by atoms with Gasteiger partial charge in [0.15, 0.2) is 17.3 Å². The van der Waals surface area contributed by atoms with Gasteiger partial charge in [0.1, 0.15) is 0 Å². The first-order valence-corrected chi connectivity index (χ1v) is 8.73. The van der Waals surface area contributed by atoms with Crippen molar-refractivity contribution in [2.75, 3.05) is 0 Å². The second kappa shape index (κ2) is 8.32. The fourth-order valence-corrected chi connectivity index (χ4v) is 2.78. The number of hydrogen-bond acceptors (Lipinski definition) is 7. The predicted molar refractivity (Wildman–Crippen MR) is 108 cm³/mol. The highest BCUT2D eigenvalue weighted by molar-refractivity contribution is 6.49. The maximum Gasteiger partial charge on any atom is 0.233 e. The Morgan fingerprint density at radius 2 is 1.33 bits per heavy atom. The topological polar surface area (TPSA) is 132 Å². The maximum atomic E-state index is 12.0. The molecule has 1 aliphatic carbocycles. The molecule has 0 spiro atoms. The molecule has 150 valence electrons. The van der Waals surface area contributed by atoms with E-state index in [-0.39, 0.29) is 11.1 Å². The van der Waals surface area contributed by atoms with Crippen molar-refractivity contribution in [3.63, 3.8) is 0 Å². The summed E-state index contributed by atoms with van der Waals surface area (Å²) in [4.78, 5) is 34.2. The van der Waals surface area contributed by atoms with E-state index in [1.54, 1.807) is 36.4 Å². The van der Waals surface area contributed by atoms with E-state index in [0.717, 1.165) is 11.6 Å². The van der Waals surface area contributed by atoms with Gasteiger partial charge in [-0.2, -0.15) is 0 Å². The summed E-state index contributed by atoms with van der Waals surface area (Å²) in [6, 6.07) is 16.0. The number of carbonyl (C=O) groups excluding carboxylic acids is 3. The van der Waals surface area contributed by atoms with Crippen molar-refractivity contribution >= 4 is 23.4 Å². The Morgan fingerprint density at radius 3 is 2.03 bits per heavy atom. The summed E-state index contributed by atoms with van der Waals surface area (Å²) in [5.41, 5.74) is 1.33. The van der Waals surface area contributed by atoms with Gasteiger partial charge in [-0.05, 0) is 17.7 Å². The number of aromatic hydroxyl groups is 4. The number of phenols is 4. The zero-order valence-corrected chi connectivity index (χ0v) is 15.4. The number of allylic oxidation sites excluding steroid dienone is 1. The highest BCUT2D eigenvalue weighted by Crippen LogP contribution is 2.44. The summed E-state index contributed by atoms with van der Waals surface area (Å²) in [6.07, 6.45) is 2.98. The second-order valence-corrected chi connectivity index (χ2v) is 6.30. The largest absolute Gasteiger partial charge is 0.504 e. The summed E-state index contributed by atoms with van der Waals surface area (Å²) >= 11 is 0. The van der Waals surface area contributed by atoms with Gasteiger partial charge in [0, 0.05) is 11.1 Å². The van der Waals surface area contributed by atoms with E-state index in [4.69, 9.17) is 0 Å². The molecule has 0 aromatic heterocycles. The van der Waals surface area contributed by atoms with Crippen molar-refractivity contribution in [2.45, 2.75) is 0 Å². The lowest BCUT2D eigenvalue weighted by Gasteiger charge is -2.08. The van der Waals surface area contributed by atoms with E-state index in [1.165, 1.54) is 18.2 Å². The van der Waals surface area contributed by atoms with E-state index >= 15 is 0 Å². The lowest BCUT2D eigenvalue weighted by atomic mass is 9.96. The number of phenolic OH excluding ortho intramolecular Hbond substituents is 4. The third kappa shape index (κ3) is 3.90. The predicted octanol–water partition coefficient (Wildman–Crippen LogP) is 3.21. The molecule has 0 fully saturated rings. The van der Waals surface area contributed by atoms with Gasteiger partial charge in [0.25, 0.3) is 0 Å². The number of hydrogen-bond donors (Lipinski definition) is 4. The molecular formula is C23H16O7. The molecule has 3 aromatic rings. The Morgan fingerprint density at radius 1 is 0.700 bits per heavy atom. The Labute approximate surface area is 170 Å². The minimum absolute atomic E-state index is 0.283. The van der Waals surface area contributed by atoms with Gasteiger partial charge in [-0.1, -0.05) is 60.7 Å². The number of fused-ring (bicyclic) bond motifs is 1. The van der Waals surface area contributed by atoms with Crippen LogP contribution in [0.1, 0.15) is 31.8 Å². The number of Topliss-reactive ketones (excluding diaryl/α,β-unsaturated/α-hetero) is 1. The monoisotopic (exact) mass is 404 g/mol. The maximum absolute atomic E-state index is 12.0. The van der Waals surface area contributed by atoms with Crippen LogP contribution in [0, 0.1) is 0 Å². The molecule has 0 atom stereocenters. The van der Waals surface area contributed by atoms with E-state index in [1.807, 2.05) is 12.1 Å². The highest BCUT2D eigenvalue weighted by Gasteiger charge is 2.22. The molecule has 7 heteroatoms. The molecule has 4 rings (SSSR count). The van der Waals surface area contributed by atoms with Crippen molar-refractivity contribution in [3.05, 3.63) is 89.0 Å². The van der Waals surface area contributed by atoms with Crippen molar-refractivity contribution in [1.82, 2.24) is 0 Å². The molecule has 0 bridgehead atoms. The number of ketones is 3. The smallest absolute Gasteiger partial charge is 0.233 e. The summed E-state index contributed by atoms with van der Waals surface area (Å²) < 4.78 is 0. The molecule has 3 aromatic carbocycles. The quantitative estimate of drug-likeness (QED) is 0.223. The van der Waals surface area contributed by atoms with Crippen LogP contribution in [0.2, 0.25) is 0 Å². The van der Waals surface area contributed by atoms with Gasteiger partial charge in [-0.15, -0.1) is 0 Å². The standard InChI is InChI=1S/C13H10O5.C10H6O2/c14-9-6-8(11(16)13(18)12(9)17)10(15)7-4-2-1-3-5-7;11-9-6-5-7-3-1-2-4-8(7)10(9)12/h1-6,14,16-18H;1-6H. The van der Waals surface area contributed by atoms with Gasteiger partial charge >= 0.3 is 0 Å². The third-order valence-electron chi connectivity index (χ3n) is 4.35. The average Bonchev–Trinajstić information content (AvgIpc) is 2.78. The molecule has 0 radical (unpaired) electrons. The lowest BCUT2D eigenvalue weighted by molar-refractivity contribution is -0.110. The summed E-state index contributed by atoms with van der Waals surface area (Å²) in [7, 11) is 0. The van der Waals surface area contributed by atoms with Crippen LogP contribution in [0.3, 0.4) is 0 Å². The van der Waals surface area contributed by atoms with Crippen LogP contribution in [-0.2, 0) is 4.79 Å². The normalized spacial score (nSPS) is 12.0. The van der Waals surface area contributed by atoms with E-state index in [9.17, 15) is 34.8 Å². The third-order valence-corrected chi connectivity index (χ3v) is 4.35. The minimum atomic E-state index is -0.922. The first-order valence-electron chi connectivity index (χ1n) is 8.73. The van der Waals surface area contributed by atoms with Gasteiger partial charge in [-0.3, -0.25) is 14.4 Å². The summed E-state index contributed by atoms with van der Waals surface area (Å²) in [6.45, 7) is 0. The molecule has 0 heterocycles. The summed E-state index contributed by atoms with van der Waals surface area (Å²) in [5.74, 6) is -4.64. The highest BCUT2D eigenvalue weighted by atomic mass is 16.3. The fraction of sp³-hybridized carbons (Fsp3) is 0. The molecule has 0 unspecified atom stereocenters. The van der Waals surface area contributed by atoms with Crippen LogP contribution in [0.5, 0.6) is 23.0 Å². The molecule has 7 nitrogen and oxygen atoms in total. The van der Waals surface area contributed by atoms with Crippen molar-refractivity contribution in [3.8, 4) is 23.0 Å². The van der Waals surface area contributed by atoms with Crippen molar-refractivity contribution < 1.29 is 34.8 Å². The molecule has 0 amide bonds. The first-order chi connectivity index (χ1) is 14.3. The Kier molecular flexibility index (Phi) is 5.64. The van der Waals surface area contributed by atoms with Crippen LogP contribution >= 0.6 is 0 Å². The molecule has 0 saturated heterocycles. The molecule has 0 saturated carbocycles. The molecule has 30 heavy (non-hydrogen) atoms. The molecular weight excluding hydrogens is 388 g/mol. The Bertz CT molecular complexity index is 1180. The van der Waals surface area contributed by atoms with Crippen LogP contribution in [0.25, 0.3) is 6.08 Å².